The highest BCUT2D eigenvalue weighted by Gasteiger charge is 2.22. The maximum Gasteiger partial charge on any atom is 0.375 e. The largest absolute Gasteiger partial charge is 0.497 e. The van der Waals surface area contributed by atoms with E-state index in [1.54, 1.807) is 27.9 Å². The van der Waals surface area contributed by atoms with Crippen LogP contribution in [-0.4, -0.2) is 24.5 Å². The Hall–Kier alpha value is -1.84. The SMILES string of the molecule is COc1ccc(CCC(=O)C(=O)OC(C)(C)C)cc1. The van der Waals surface area contributed by atoms with Crippen molar-refractivity contribution in [3.05, 3.63) is 29.8 Å². The highest BCUT2D eigenvalue weighted by molar-refractivity contribution is 6.33. The predicted molar refractivity (Wildman–Crippen MR) is 72.2 cm³/mol. The summed E-state index contributed by atoms with van der Waals surface area (Å²) in [5, 5.41) is 0. The van der Waals surface area contributed by atoms with Gasteiger partial charge in [0.2, 0.25) is 5.78 Å². The Balaban J connectivity index is 2.47. The molecule has 0 N–H and O–H groups in total. The quantitative estimate of drug-likeness (QED) is 0.606. The van der Waals surface area contributed by atoms with E-state index in [0.29, 0.717) is 6.42 Å². The molecule has 0 fully saturated rings. The first-order valence-electron chi connectivity index (χ1n) is 6.21. The summed E-state index contributed by atoms with van der Waals surface area (Å²) in [6.07, 6.45) is 0.670. The zero-order valence-corrected chi connectivity index (χ0v) is 11.9. The van der Waals surface area contributed by atoms with Crippen molar-refractivity contribution in [2.75, 3.05) is 7.11 Å². The minimum Gasteiger partial charge on any atom is -0.497 e. The molecule has 1 aromatic rings. The third-order valence-electron chi connectivity index (χ3n) is 2.43. The van der Waals surface area contributed by atoms with Crippen molar-refractivity contribution in [2.45, 2.75) is 39.2 Å². The molecule has 0 radical (unpaired) electrons. The van der Waals surface area contributed by atoms with E-state index in [4.69, 9.17) is 9.47 Å². The summed E-state index contributed by atoms with van der Waals surface area (Å²) < 4.78 is 10.1. The van der Waals surface area contributed by atoms with Crippen LogP contribution in [0.2, 0.25) is 0 Å². The Morgan fingerprint density at radius 2 is 1.68 bits per heavy atom. The Bertz CT molecular complexity index is 440. The summed E-state index contributed by atoms with van der Waals surface area (Å²) in [5.74, 6) is -0.492. The van der Waals surface area contributed by atoms with Gasteiger partial charge in [-0.3, -0.25) is 4.79 Å². The summed E-state index contributed by atoms with van der Waals surface area (Å²) in [4.78, 5) is 23.1. The van der Waals surface area contributed by atoms with Crippen molar-refractivity contribution >= 4 is 11.8 Å². The number of benzene rings is 1. The third-order valence-corrected chi connectivity index (χ3v) is 2.43. The molecular formula is C15H20O4. The number of methoxy groups -OCH3 is 1. The van der Waals surface area contributed by atoms with E-state index >= 15 is 0 Å². The summed E-state index contributed by atoms with van der Waals surface area (Å²) in [6.45, 7) is 5.21. The average Bonchev–Trinajstić information content (AvgIpc) is 2.34. The zero-order valence-electron chi connectivity index (χ0n) is 11.9. The van der Waals surface area contributed by atoms with Crippen LogP contribution < -0.4 is 4.74 Å². The Kier molecular flexibility index (Phi) is 5.10. The lowest BCUT2D eigenvalue weighted by Crippen LogP contribution is -2.29. The molecule has 0 amide bonds. The Morgan fingerprint density at radius 1 is 1.11 bits per heavy atom. The van der Waals surface area contributed by atoms with E-state index in [2.05, 4.69) is 0 Å². The molecule has 0 heterocycles. The minimum absolute atomic E-state index is 0.154. The van der Waals surface area contributed by atoms with Crippen LogP contribution in [0.5, 0.6) is 5.75 Å². The standard InChI is InChI=1S/C15H20O4/c1-15(2,3)19-14(17)13(16)10-7-11-5-8-12(18-4)9-6-11/h5-6,8-9H,7,10H2,1-4H3. The number of carbonyl (C=O) groups is 2. The van der Waals surface area contributed by atoms with Crippen LogP contribution in [0.15, 0.2) is 24.3 Å². The second-order valence-electron chi connectivity index (χ2n) is 5.27. The molecule has 1 aromatic carbocycles. The van der Waals surface area contributed by atoms with Gasteiger partial charge >= 0.3 is 5.97 Å². The smallest absolute Gasteiger partial charge is 0.375 e. The second-order valence-corrected chi connectivity index (χ2v) is 5.27. The number of ether oxygens (including phenoxy) is 2. The average molecular weight is 264 g/mol. The van der Waals surface area contributed by atoms with Gasteiger partial charge in [0.1, 0.15) is 11.4 Å². The van der Waals surface area contributed by atoms with E-state index in [9.17, 15) is 9.59 Å². The van der Waals surface area contributed by atoms with Gasteiger partial charge in [-0.25, -0.2) is 4.79 Å². The van der Waals surface area contributed by atoms with Crippen molar-refractivity contribution in [1.82, 2.24) is 0 Å². The van der Waals surface area contributed by atoms with Crippen LogP contribution in [0.3, 0.4) is 0 Å². The normalized spacial score (nSPS) is 10.9. The van der Waals surface area contributed by atoms with Crippen molar-refractivity contribution in [2.24, 2.45) is 0 Å². The number of carbonyl (C=O) groups excluding carboxylic acids is 2. The van der Waals surface area contributed by atoms with Crippen molar-refractivity contribution < 1.29 is 19.1 Å². The lowest BCUT2D eigenvalue weighted by molar-refractivity contribution is -0.162. The van der Waals surface area contributed by atoms with Crippen LogP contribution in [0.25, 0.3) is 0 Å². The first-order valence-corrected chi connectivity index (χ1v) is 6.21. The summed E-state index contributed by atoms with van der Waals surface area (Å²) in [7, 11) is 1.60. The number of esters is 1. The number of rotatable bonds is 5. The maximum absolute atomic E-state index is 11.6. The molecule has 0 aliphatic heterocycles. The van der Waals surface area contributed by atoms with Crippen molar-refractivity contribution in [1.29, 1.82) is 0 Å². The van der Waals surface area contributed by atoms with Crippen LogP contribution in [0, 0.1) is 0 Å². The molecule has 0 aliphatic rings. The van der Waals surface area contributed by atoms with Crippen LogP contribution in [0.1, 0.15) is 32.8 Å². The maximum atomic E-state index is 11.6. The molecule has 0 aliphatic carbocycles. The molecule has 0 aromatic heterocycles. The van der Waals surface area contributed by atoms with Gasteiger partial charge in [0.25, 0.3) is 0 Å². The zero-order chi connectivity index (χ0) is 14.5. The topological polar surface area (TPSA) is 52.6 Å². The predicted octanol–water partition coefficient (Wildman–Crippen LogP) is 2.54. The molecule has 1 rings (SSSR count). The minimum atomic E-state index is -0.763. The number of aryl methyl sites for hydroxylation is 1. The summed E-state index contributed by atoms with van der Waals surface area (Å²) in [5.41, 5.74) is 0.352. The van der Waals surface area contributed by atoms with Gasteiger partial charge in [0.15, 0.2) is 0 Å². The van der Waals surface area contributed by atoms with Gasteiger partial charge in [-0.15, -0.1) is 0 Å². The molecule has 4 heteroatoms. The Morgan fingerprint density at radius 3 is 2.16 bits per heavy atom. The Labute approximate surface area is 113 Å². The lowest BCUT2D eigenvalue weighted by atomic mass is 10.1. The van der Waals surface area contributed by atoms with Crippen molar-refractivity contribution in [3.63, 3.8) is 0 Å². The highest BCUT2D eigenvalue weighted by Crippen LogP contribution is 2.13. The van der Waals surface area contributed by atoms with E-state index in [1.165, 1.54) is 0 Å². The number of ketones is 1. The molecule has 0 saturated heterocycles. The first-order chi connectivity index (χ1) is 8.81. The monoisotopic (exact) mass is 264 g/mol. The van der Waals surface area contributed by atoms with Crippen LogP contribution in [0.4, 0.5) is 0 Å². The molecule has 0 atom stereocenters. The fourth-order valence-corrected chi connectivity index (χ4v) is 1.49. The highest BCUT2D eigenvalue weighted by atomic mass is 16.6. The molecule has 0 spiro atoms. The van der Waals surface area contributed by atoms with Gasteiger partial charge in [0.05, 0.1) is 7.11 Å². The van der Waals surface area contributed by atoms with E-state index in [1.807, 2.05) is 24.3 Å². The number of Topliss-reactive ketones (excluding diaryl/α,β-unsaturated/α-hetero) is 1. The van der Waals surface area contributed by atoms with Gasteiger partial charge < -0.3 is 9.47 Å². The number of hydrogen-bond acceptors (Lipinski definition) is 4. The van der Waals surface area contributed by atoms with Crippen LogP contribution in [-0.2, 0) is 20.7 Å². The summed E-state index contributed by atoms with van der Waals surface area (Å²) >= 11 is 0. The molecule has 0 bridgehead atoms. The first kappa shape index (κ1) is 15.2. The second kappa shape index (κ2) is 6.36. The molecule has 19 heavy (non-hydrogen) atoms. The molecule has 4 nitrogen and oxygen atoms in total. The van der Waals surface area contributed by atoms with Gasteiger partial charge in [-0.05, 0) is 44.9 Å². The molecule has 104 valence electrons. The van der Waals surface area contributed by atoms with Crippen LogP contribution >= 0.6 is 0 Å². The fraction of sp³-hybridized carbons (Fsp3) is 0.467. The van der Waals surface area contributed by atoms with Gasteiger partial charge in [0, 0.05) is 6.42 Å². The van der Waals surface area contributed by atoms with Gasteiger partial charge in [-0.2, -0.15) is 0 Å². The lowest BCUT2D eigenvalue weighted by Gasteiger charge is -2.18. The van der Waals surface area contributed by atoms with Crippen molar-refractivity contribution in [3.8, 4) is 5.75 Å². The van der Waals surface area contributed by atoms with E-state index < -0.39 is 17.4 Å². The molecule has 0 unspecified atom stereocenters. The fourth-order valence-electron chi connectivity index (χ4n) is 1.49. The van der Waals surface area contributed by atoms with Gasteiger partial charge in [-0.1, -0.05) is 12.1 Å². The number of hydrogen-bond donors (Lipinski definition) is 0. The molecular weight excluding hydrogens is 244 g/mol. The van der Waals surface area contributed by atoms with E-state index in [-0.39, 0.29) is 6.42 Å². The molecule has 0 saturated carbocycles. The van der Waals surface area contributed by atoms with E-state index in [0.717, 1.165) is 11.3 Å². The summed E-state index contributed by atoms with van der Waals surface area (Å²) in [6, 6.07) is 7.41. The third kappa shape index (κ3) is 5.55.